The van der Waals surface area contributed by atoms with Crippen molar-refractivity contribution in [1.29, 1.82) is 0 Å². The summed E-state index contributed by atoms with van der Waals surface area (Å²) in [6, 6.07) is 7.90. The van der Waals surface area contributed by atoms with Gasteiger partial charge in [-0.05, 0) is 42.2 Å². The third-order valence-corrected chi connectivity index (χ3v) is 4.24. The second-order valence-corrected chi connectivity index (χ2v) is 6.36. The number of hydrazine groups is 1. The summed E-state index contributed by atoms with van der Waals surface area (Å²) in [5.74, 6) is 6.45. The molecule has 2 unspecified atom stereocenters. The van der Waals surface area contributed by atoms with E-state index in [1.807, 2.05) is 24.3 Å². The topological polar surface area (TPSA) is 64.3 Å². The molecule has 21 heavy (non-hydrogen) atoms. The van der Waals surface area contributed by atoms with E-state index in [-0.39, 0.29) is 5.91 Å². The lowest BCUT2D eigenvalue weighted by Crippen LogP contribution is -2.31. The Bertz CT molecular complexity index is 466. The van der Waals surface area contributed by atoms with Crippen LogP contribution in [0.3, 0.4) is 0 Å². The summed E-state index contributed by atoms with van der Waals surface area (Å²) in [7, 11) is 0. The Morgan fingerprint density at radius 3 is 2.43 bits per heavy atom. The first kappa shape index (κ1) is 16.0. The smallest absolute Gasteiger partial charge is 0.238 e. The average molecular weight is 290 g/mol. The summed E-state index contributed by atoms with van der Waals surface area (Å²) in [5.41, 5.74) is 4.24. The molecule has 0 spiro atoms. The Morgan fingerprint density at radius 2 is 1.81 bits per heavy atom. The molecular weight excluding hydrogens is 264 g/mol. The summed E-state index contributed by atoms with van der Waals surface area (Å²) < 4.78 is 6.10. The Morgan fingerprint density at radius 1 is 1.19 bits per heavy atom. The van der Waals surface area contributed by atoms with Crippen molar-refractivity contribution in [3.63, 3.8) is 0 Å². The first-order valence-electron chi connectivity index (χ1n) is 7.76. The van der Waals surface area contributed by atoms with Gasteiger partial charge in [-0.1, -0.05) is 38.1 Å². The van der Waals surface area contributed by atoms with Crippen LogP contribution in [-0.4, -0.2) is 12.0 Å². The molecule has 0 heterocycles. The maximum atomic E-state index is 11.4. The number of hydrogen-bond donors (Lipinski definition) is 2. The van der Waals surface area contributed by atoms with E-state index in [4.69, 9.17) is 10.6 Å². The Balaban J connectivity index is 1.95. The molecule has 2 rings (SSSR count). The van der Waals surface area contributed by atoms with E-state index in [0.717, 1.165) is 35.8 Å². The monoisotopic (exact) mass is 290 g/mol. The van der Waals surface area contributed by atoms with E-state index >= 15 is 0 Å². The zero-order chi connectivity index (χ0) is 15.2. The Hall–Kier alpha value is -1.39. The molecule has 4 heteroatoms. The number of carbonyl (C=O) groups excluding carboxylic acids is 1. The Labute approximate surface area is 127 Å². The molecule has 0 radical (unpaired) electrons. The van der Waals surface area contributed by atoms with Gasteiger partial charge in [-0.15, -0.1) is 0 Å². The summed E-state index contributed by atoms with van der Waals surface area (Å²) in [6.07, 6.45) is 4.20. The van der Waals surface area contributed by atoms with Gasteiger partial charge in [-0.2, -0.15) is 0 Å². The van der Waals surface area contributed by atoms with Crippen LogP contribution < -0.4 is 11.3 Å². The van der Waals surface area contributed by atoms with Crippen molar-refractivity contribution in [3.8, 4) is 0 Å². The SMILES string of the molecule is CC1CC(C)CC(OCc2ccccc2CC(=O)NN)C1. The van der Waals surface area contributed by atoms with E-state index in [2.05, 4.69) is 19.3 Å². The molecule has 0 aliphatic heterocycles. The highest BCUT2D eigenvalue weighted by Gasteiger charge is 2.24. The first-order valence-corrected chi connectivity index (χ1v) is 7.76. The van der Waals surface area contributed by atoms with Crippen LogP contribution in [0.2, 0.25) is 0 Å². The minimum atomic E-state index is -0.178. The van der Waals surface area contributed by atoms with E-state index in [9.17, 15) is 4.79 Å². The fourth-order valence-corrected chi connectivity index (χ4v) is 3.31. The zero-order valence-corrected chi connectivity index (χ0v) is 13.0. The second kappa shape index (κ2) is 7.57. The number of nitrogens with two attached hydrogens (primary N) is 1. The molecule has 3 N–H and O–H groups in total. The molecule has 4 nitrogen and oxygen atoms in total. The van der Waals surface area contributed by atoms with E-state index in [0.29, 0.717) is 19.1 Å². The van der Waals surface area contributed by atoms with Crippen LogP contribution in [-0.2, 0) is 22.6 Å². The molecule has 1 aromatic carbocycles. The predicted octanol–water partition coefficient (Wildman–Crippen LogP) is 2.56. The normalized spacial score (nSPS) is 25.6. The van der Waals surface area contributed by atoms with Gasteiger partial charge in [0.25, 0.3) is 0 Å². The standard InChI is InChI=1S/C17H26N2O2/c1-12-7-13(2)9-16(8-12)21-11-15-6-4-3-5-14(15)10-17(20)19-18/h3-6,12-13,16H,7-11,18H2,1-2H3,(H,19,20). The van der Waals surface area contributed by atoms with Crippen LogP contribution in [0.25, 0.3) is 0 Å². The minimum Gasteiger partial charge on any atom is -0.374 e. The second-order valence-electron chi connectivity index (χ2n) is 6.36. The molecule has 2 atom stereocenters. The number of rotatable bonds is 5. The lowest BCUT2D eigenvalue weighted by molar-refractivity contribution is -0.120. The van der Waals surface area contributed by atoms with Crippen molar-refractivity contribution in [2.45, 2.75) is 52.2 Å². The van der Waals surface area contributed by atoms with Gasteiger partial charge in [0.2, 0.25) is 5.91 Å². The van der Waals surface area contributed by atoms with Crippen LogP contribution in [0.1, 0.15) is 44.2 Å². The van der Waals surface area contributed by atoms with Crippen LogP contribution in [0.5, 0.6) is 0 Å². The van der Waals surface area contributed by atoms with Crippen molar-refractivity contribution in [3.05, 3.63) is 35.4 Å². The fourth-order valence-electron chi connectivity index (χ4n) is 3.31. The van der Waals surface area contributed by atoms with Gasteiger partial charge < -0.3 is 4.74 Å². The summed E-state index contributed by atoms with van der Waals surface area (Å²) in [5, 5.41) is 0. The van der Waals surface area contributed by atoms with E-state index < -0.39 is 0 Å². The fraction of sp³-hybridized carbons (Fsp3) is 0.588. The van der Waals surface area contributed by atoms with Crippen molar-refractivity contribution in [2.75, 3.05) is 0 Å². The van der Waals surface area contributed by atoms with Gasteiger partial charge in [0.1, 0.15) is 0 Å². The minimum absolute atomic E-state index is 0.178. The van der Waals surface area contributed by atoms with E-state index in [1.165, 1.54) is 6.42 Å². The van der Waals surface area contributed by atoms with Crippen molar-refractivity contribution < 1.29 is 9.53 Å². The molecule has 1 aliphatic carbocycles. The Kier molecular flexibility index (Phi) is 5.76. The summed E-state index contributed by atoms with van der Waals surface area (Å²) in [6.45, 7) is 5.16. The average Bonchev–Trinajstić information content (AvgIpc) is 2.45. The van der Waals surface area contributed by atoms with Gasteiger partial charge in [0, 0.05) is 0 Å². The van der Waals surface area contributed by atoms with E-state index in [1.54, 1.807) is 0 Å². The van der Waals surface area contributed by atoms with Gasteiger partial charge in [-0.25, -0.2) is 5.84 Å². The number of amides is 1. The largest absolute Gasteiger partial charge is 0.374 e. The van der Waals surface area contributed by atoms with Crippen molar-refractivity contribution in [1.82, 2.24) is 5.43 Å². The van der Waals surface area contributed by atoms with Gasteiger partial charge in [0.05, 0.1) is 19.1 Å². The molecular formula is C17H26N2O2. The molecule has 1 amide bonds. The highest BCUT2D eigenvalue weighted by Crippen LogP contribution is 2.31. The number of nitrogens with one attached hydrogen (secondary N) is 1. The molecule has 116 valence electrons. The molecule has 1 aliphatic rings. The zero-order valence-electron chi connectivity index (χ0n) is 13.0. The van der Waals surface area contributed by atoms with Crippen LogP contribution >= 0.6 is 0 Å². The maximum absolute atomic E-state index is 11.4. The molecule has 1 aromatic rings. The van der Waals surface area contributed by atoms with Crippen LogP contribution in [0.4, 0.5) is 0 Å². The third-order valence-electron chi connectivity index (χ3n) is 4.24. The summed E-state index contributed by atoms with van der Waals surface area (Å²) >= 11 is 0. The lowest BCUT2D eigenvalue weighted by atomic mass is 9.82. The maximum Gasteiger partial charge on any atom is 0.238 e. The highest BCUT2D eigenvalue weighted by molar-refractivity contribution is 5.78. The number of hydrogen-bond acceptors (Lipinski definition) is 3. The number of carbonyl (C=O) groups is 1. The molecule has 1 saturated carbocycles. The highest BCUT2D eigenvalue weighted by atomic mass is 16.5. The van der Waals surface area contributed by atoms with Crippen LogP contribution in [0, 0.1) is 11.8 Å². The van der Waals surface area contributed by atoms with Gasteiger partial charge in [0.15, 0.2) is 0 Å². The van der Waals surface area contributed by atoms with Crippen molar-refractivity contribution >= 4 is 5.91 Å². The lowest BCUT2D eigenvalue weighted by Gasteiger charge is -2.31. The number of ether oxygens (including phenoxy) is 1. The van der Waals surface area contributed by atoms with Gasteiger partial charge in [-0.3, -0.25) is 10.2 Å². The first-order chi connectivity index (χ1) is 10.1. The quantitative estimate of drug-likeness (QED) is 0.497. The molecule has 1 fully saturated rings. The van der Waals surface area contributed by atoms with Crippen molar-refractivity contribution in [2.24, 2.45) is 17.7 Å². The summed E-state index contributed by atoms with van der Waals surface area (Å²) in [4.78, 5) is 11.4. The predicted molar refractivity (Wildman–Crippen MR) is 83.2 cm³/mol. The molecule has 0 saturated heterocycles. The molecule has 0 bridgehead atoms. The van der Waals surface area contributed by atoms with Gasteiger partial charge >= 0.3 is 0 Å². The third kappa shape index (κ3) is 4.83. The molecule has 0 aromatic heterocycles. The number of benzene rings is 1. The van der Waals surface area contributed by atoms with Crippen LogP contribution in [0.15, 0.2) is 24.3 Å².